The van der Waals surface area contributed by atoms with Crippen molar-refractivity contribution in [2.75, 3.05) is 12.4 Å². The number of rotatable bonds is 5. The summed E-state index contributed by atoms with van der Waals surface area (Å²) >= 11 is 0. The Morgan fingerprint density at radius 2 is 1.78 bits per heavy atom. The zero-order valence-electron chi connectivity index (χ0n) is 16.2. The van der Waals surface area contributed by atoms with E-state index in [1.54, 1.807) is 19.4 Å². The second kappa shape index (κ2) is 6.74. The largest absolute Gasteiger partial charge is 0.496 e. The maximum absolute atomic E-state index is 14.1. The van der Waals surface area contributed by atoms with Crippen LogP contribution >= 0.6 is 0 Å². The van der Waals surface area contributed by atoms with E-state index in [1.807, 2.05) is 32.0 Å². The van der Waals surface area contributed by atoms with Crippen LogP contribution < -0.4 is 15.8 Å². The van der Waals surface area contributed by atoms with Gasteiger partial charge in [-0.1, -0.05) is 6.07 Å². The van der Waals surface area contributed by atoms with Gasteiger partial charge in [0.15, 0.2) is 11.5 Å². The van der Waals surface area contributed by atoms with Crippen molar-refractivity contribution in [3.05, 3.63) is 48.0 Å². The fraction of sp³-hybridized carbons (Fsp3) is 0.350. The van der Waals surface area contributed by atoms with Crippen molar-refractivity contribution in [1.82, 2.24) is 15.0 Å². The molecule has 3 aromatic rings. The molecule has 0 spiro atoms. The van der Waals surface area contributed by atoms with Gasteiger partial charge in [0.05, 0.1) is 7.11 Å². The first-order valence-corrected chi connectivity index (χ1v) is 8.65. The summed E-state index contributed by atoms with van der Waals surface area (Å²) in [5.74, 6) is 1.87. The van der Waals surface area contributed by atoms with E-state index in [2.05, 4.69) is 20.3 Å². The van der Waals surface area contributed by atoms with Crippen LogP contribution in [-0.2, 0) is 11.2 Å². The minimum Gasteiger partial charge on any atom is -0.496 e. The second-order valence-corrected chi connectivity index (χ2v) is 7.52. The number of halogens is 1. The van der Waals surface area contributed by atoms with Crippen molar-refractivity contribution in [2.24, 2.45) is 5.73 Å². The summed E-state index contributed by atoms with van der Waals surface area (Å²) < 4.78 is 19.6. The average molecular weight is 369 g/mol. The van der Waals surface area contributed by atoms with Gasteiger partial charge in [-0.25, -0.2) is 19.3 Å². The summed E-state index contributed by atoms with van der Waals surface area (Å²) in [4.78, 5) is 12.7. The first-order valence-electron chi connectivity index (χ1n) is 8.65. The van der Waals surface area contributed by atoms with Crippen LogP contribution in [0.1, 0.15) is 39.1 Å². The molecule has 6 nitrogen and oxygen atoms in total. The number of nitrogens with zero attached hydrogens (tertiary/aromatic N) is 3. The van der Waals surface area contributed by atoms with Crippen molar-refractivity contribution < 1.29 is 9.13 Å². The molecule has 27 heavy (non-hydrogen) atoms. The number of pyridine rings is 1. The predicted molar refractivity (Wildman–Crippen MR) is 105 cm³/mol. The number of nitrogens with one attached hydrogen (secondary N) is 1. The lowest BCUT2D eigenvalue weighted by molar-refractivity contribution is 0.206. The highest BCUT2D eigenvalue weighted by Gasteiger charge is 2.23. The molecule has 0 unspecified atom stereocenters. The number of benzene rings is 1. The lowest BCUT2D eigenvalue weighted by Crippen LogP contribution is -2.28. The zero-order chi connectivity index (χ0) is 19.8. The molecular formula is C20H24FN5O. The molecule has 7 heteroatoms. The number of hydrogen-bond acceptors (Lipinski definition) is 6. The molecule has 0 atom stereocenters. The fourth-order valence-electron chi connectivity index (χ4n) is 2.87. The van der Waals surface area contributed by atoms with Crippen LogP contribution in [-0.4, -0.2) is 22.1 Å². The van der Waals surface area contributed by atoms with Crippen molar-refractivity contribution in [3.8, 4) is 5.75 Å². The van der Waals surface area contributed by atoms with Crippen LogP contribution in [0.15, 0.2) is 36.7 Å². The first-order chi connectivity index (χ1) is 12.6. The van der Waals surface area contributed by atoms with Gasteiger partial charge >= 0.3 is 0 Å². The standard InChI is InChI=1S/C20H24FN5O/c1-19(2,21)18-23-9-8-16(26-18)25-17-10-12-13(11-24-17)15(27-5)7-6-14(12)20(3,4)22/h6-11H,22H2,1-5H3,(H,23,24,25,26). The number of nitrogens with two attached hydrogens (primary N) is 1. The Morgan fingerprint density at radius 1 is 1.04 bits per heavy atom. The number of alkyl halides is 1. The summed E-state index contributed by atoms with van der Waals surface area (Å²) in [6, 6.07) is 7.41. The highest BCUT2D eigenvalue weighted by atomic mass is 19.1. The molecule has 0 fully saturated rings. The van der Waals surface area contributed by atoms with Gasteiger partial charge in [-0.2, -0.15) is 0 Å². The molecule has 3 N–H and O–H groups in total. The lowest BCUT2D eigenvalue weighted by atomic mass is 9.91. The van der Waals surface area contributed by atoms with E-state index < -0.39 is 11.2 Å². The molecule has 0 saturated heterocycles. The van der Waals surface area contributed by atoms with E-state index in [1.165, 1.54) is 20.0 Å². The van der Waals surface area contributed by atoms with Crippen LogP contribution in [0.25, 0.3) is 10.8 Å². The quantitative estimate of drug-likeness (QED) is 0.702. The average Bonchev–Trinajstić information content (AvgIpc) is 2.59. The van der Waals surface area contributed by atoms with Crippen molar-refractivity contribution >= 4 is 22.4 Å². The van der Waals surface area contributed by atoms with Crippen LogP contribution in [0.5, 0.6) is 5.75 Å². The second-order valence-electron chi connectivity index (χ2n) is 7.52. The summed E-state index contributed by atoms with van der Waals surface area (Å²) in [6.45, 7) is 6.73. The van der Waals surface area contributed by atoms with Crippen LogP contribution in [0.2, 0.25) is 0 Å². The van der Waals surface area contributed by atoms with Gasteiger partial charge in [0.1, 0.15) is 17.4 Å². The molecule has 0 bridgehead atoms. The van der Waals surface area contributed by atoms with Crippen LogP contribution in [0.3, 0.4) is 0 Å². The van der Waals surface area contributed by atoms with E-state index in [9.17, 15) is 4.39 Å². The Hall–Kier alpha value is -2.80. The molecule has 1 aromatic carbocycles. The third kappa shape index (κ3) is 3.98. The van der Waals surface area contributed by atoms with Gasteiger partial charge in [-0.05, 0) is 56.8 Å². The van der Waals surface area contributed by atoms with Crippen molar-refractivity contribution in [1.29, 1.82) is 0 Å². The fourth-order valence-corrected chi connectivity index (χ4v) is 2.87. The molecular weight excluding hydrogens is 345 g/mol. The van der Waals surface area contributed by atoms with Gasteiger partial charge in [0.25, 0.3) is 0 Å². The molecule has 0 saturated carbocycles. The van der Waals surface area contributed by atoms with Gasteiger partial charge in [0, 0.05) is 23.3 Å². The smallest absolute Gasteiger partial charge is 0.167 e. The molecule has 2 heterocycles. The summed E-state index contributed by atoms with van der Waals surface area (Å²) in [5.41, 5.74) is 5.15. The molecule has 0 aliphatic carbocycles. The number of methoxy groups -OCH3 is 1. The predicted octanol–water partition coefficient (Wildman–Crippen LogP) is 4.18. The molecule has 0 radical (unpaired) electrons. The highest BCUT2D eigenvalue weighted by Crippen LogP contribution is 2.34. The van der Waals surface area contributed by atoms with Crippen LogP contribution in [0.4, 0.5) is 16.0 Å². The molecule has 0 aliphatic rings. The minimum atomic E-state index is -1.63. The maximum atomic E-state index is 14.1. The van der Waals surface area contributed by atoms with Gasteiger partial charge in [0.2, 0.25) is 0 Å². The van der Waals surface area contributed by atoms with Crippen molar-refractivity contribution in [3.63, 3.8) is 0 Å². The number of fused-ring (bicyclic) bond motifs is 1. The van der Waals surface area contributed by atoms with E-state index in [0.29, 0.717) is 11.6 Å². The monoisotopic (exact) mass is 369 g/mol. The van der Waals surface area contributed by atoms with Crippen molar-refractivity contribution in [2.45, 2.75) is 38.9 Å². The maximum Gasteiger partial charge on any atom is 0.167 e. The molecule has 142 valence electrons. The van der Waals surface area contributed by atoms with Gasteiger partial charge in [-0.3, -0.25) is 0 Å². The van der Waals surface area contributed by atoms with E-state index in [0.717, 1.165) is 22.1 Å². The first kappa shape index (κ1) is 19.0. The topological polar surface area (TPSA) is 86.0 Å². The Morgan fingerprint density at radius 3 is 2.41 bits per heavy atom. The zero-order valence-corrected chi connectivity index (χ0v) is 16.2. The third-order valence-electron chi connectivity index (χ3n) is 4.22. The van der Waals surface area contributed by atoms with Gasteiger partial charge in [-0.15, -0.1) is 0 Å². The molecule has 2 aromatic heterocycles. The number of hydrogen-bond donors (Lipinski definition) is 2. The van der Waals surface area contributed by atoms with Crippen LogP contribution in [0, 0.1) is 0 Å². The normalized spacial score (nSPS) is 12.3. The molecule has 0 aliphatic heterocycles. The molecule has 3 rings (SSSR count). The van der Waals surface area contributed by atoms with E-state index >= 15 is 0 Å². The molecule has 0 amide bonds. The Kier molecular flexibility index (Phi) is 4.73. The third-order valence-corrected chi connectivity index (χ3v) is 4.22. The minimum absolute atomic E-state index is 0.110. The number of anilines is 2. The highest BCUT2D eigenvalue weighted by molar-refractivity contribution is 5.93. The summed E-state index contributed by atoms with van der Waals surface area (Å²) in [5, 5.41) is 4.91. The number of aromatic nitrogens is 3. The number of ether oxygens (including phenoxy) is 1. The Labute approximate surface area is 158 Å². The Bertz CT molecular complexity index is 976. The van der Waals surface area contributed by atoms with E-state index in [4.69, 9.17) is 10.5 Å². The Balaban J connectivity index is 2.06. The summed E-state index contributed by atoms with van der Waals surface area (Å²) in [7, 11) is 1.62. The van der Waals surface area contributed by atoms with Gasteiger partial charge < -0.3 is 15.8 Å². The lowest BCUT2D eigenvalue weighted by Gasteiger charge is -2.22. The SMILES string of the molecule is COc1ccc(C(C)(C)N)c2cc(Nc3ccnc(C(C)(C)F)n3)ncc12. The van der Waals surface area contributed by atoms with E-state index in [-0.39, 0.29) is 5.82 Å². The summed E-state index contributed by atoms with van der Waals surface area (Å²) in [6.07, 6.45) is 3.25.